The number of ether oxygens (including phenoxy) is 1. The first-order valence-electron chi connectivity index (χ1n) is 12.7. The monoisotopic (exact) mass is 460 g/mol. The van der Waals surface area contributed by atoms with Gasteiger partial charge in [0, 0.05) is 36.2 Å². The van der Waals surface area contributed by atoms with E-state index in [-0.39, 0.29) is 12.1 Å². The van der Waals surface area contributed by atoms with Gasteiger partial charge in [-0.2, -0.15) is 0 Å². The molecule has 34 heavy (non-hydrogen) atoms. The van der Waals surface area contributed by atoms with Crippen LogP contribution in [-0.2, 0) is 17.6 Å². The molecule has 2 fully saturated rings. The maximum atomic E-state index is 11.3. The summed E-state index contributed by atoms with van der Waals surface area (Å²) in [5, 5.41) is 7.87. The molecule has 2 aliphatic heterocycles. The van der Waals surface area contributed by atoms with Gasteiger partial charge < -0.3 is 25.3 Å². The summed E-state index contributed by atoms with van der Waals surface area (Å²) in [5.74, 6) is 0.786. The van der Waals surface area contributed by atoms with Crippen LogP contribution >= 0.6 is 0 Å². The number of aromatic amines is 1. The third-order valence-corrected chi connectivity index (χ3v) is 7.42. The van der Waals surface area contributed by atoms with E-state index in [2.05, 4.69) is 82.2 Å². The minimum atomic E-state index is -0.307. The maximum absolute atomic E-state index is 11.3. The molecule has 2 aliphatic rings. The fourth-order valence-electron chi connectivity index (χ4n) is 5.37. The standard InChI is InChI=1S/C28H36N4O2/c1-20(23-5-3-2-4-6-23)29-12-9-21-10-13-32(18-21)14-11-24-17-30-27-8-7-22(16-26(24)27)15-25-19-34-28(33)31-25/h2-8,16-17,20-21,25,29-30H,9-15,18-19H2,1H3,(H,31,33)/t20-,21-,25-/m0/s1. The minimum Gasteiger partial charge on any atom is -0.447 e. The summed E-state index contributed by atoms with van der Waals surface area (Å²) >= 11 is 0. The van der Waals surface area contributed by atoms with Crippen LogP contribution in [0.1, 0.15) is 42.5 Å². The van der Waals surface area contributed by atoms with Gasteiger partial charge in [0.25, 0.3) is 0 Å². The highest BCUT2D eigenvalue weighted by Gasteiger charge is 2.23. The number of likely N-dealkylation sites (tertiary alicyclic amines) is 1. The lowest BCUT2D eigenvalue weighted by Gasteiger charge is -2.18. The van der Waals surface area contributed by atoms with Crippen LogP contribution in [0.4, 0.5) is 4.79 Å². The smallest absolute Gasteiger partial charge is 0.407 e. The lowest BCUT2D eigenvalue weighted by atomic mass is 10.0. The highest BCUT2D eigenvalue weighted by molar-refractivity contribution is 5.84. The van der Waals surface area contributed by atoms with Crippen molar-refractivity contribution >= 4 is 17.0 Å². The lowest BCUT2D eigenvalue weighted by Crippen LogP contribution is -2.28. The zero-order valence-corrected chi connectivity index (χ0v) is 20.1. The number of nitrogens with one attached hydrogen (secondary N) is 3. The number of H-pyrrole nitrogens is 1. The normalized spacial score (nSPS) is 21.6. The summed E-state index contributed by atoms with van der Waals surface area (Å²) in [7, 11) is 0. The number of benzene rings is 2. The number of alkyl carbamates (subject to hydrolysis) is 1. The molecule has 180 valence electrons. The van der Waals surface area contributed by atoms with E-state index in [0.717, 1.165) is 31.8 Å². The van der Waals surface area contributed by atoms with Gasteiger partial charge in [-0.15, -0.1) is 0 Å². The van der Waals surface area contributed by atoms with Crippen molar-refractivity contribution in [3.05, 3.63) is 71.4 Å². The van der Waals surface area contributed by atoms with Crippen LogP contribution in [-0.4, -0.2) is 54.8 Å². The average Bonchev–Trinajstić information content (AvgIpc) is 3.58. The van der Waals surface area contributed by atoms with Crippen LogP contribution in [0.5, 0.6) is 0 Å². The fourth-order valence-corrected chi connectivity index (χ4v) is 5.37. The molecule has 0 bridgehead atoms. The van der Waals surface area contributed by atoms with Gasteiger partial charge in [-0.25, -0.2) is 4.79 Å². The Labute approximate surface area is 202 Å². The van der Waals surface area contributed by atoms with Gasteiger partial charge in [-0.1, -0.05) is 36.4 Å². The first kappa shape index (κ1) is 22.9. The molecule has 3 heterocycles. The van der Waals surface area contributed by atoms with Gasteiger partial charge in [0.05, 0.1) is 6.04 Å². The number of carbonyl (C=O) groups excluding carboxylic acids is 1. The molecule has 2 saturated heterocycles. The van der Waals surface area contributed by atoms with Gasteiger partial charge >= 0.3 is 6.09 Å². The quantitative estimate of drug-likeness (QED) is 0.419. The first-order valence-corrected chi connectivity index (χ1v) is 12.7. The molecule has 0 aliphatic carbocycles. The zero-order chi connectivity index (χ0) is 23.3. The molecule has 0 unspecified atom stereocenters. The third kappa shape index (κ3) is 5.62. The number of cyclic esters (lactones) is 1. The Morgan fingerprint density at radius 3 is 2.91 bits per heavy atom. The number of aromatic nitrogens is 1. The SMILES string of the molecule is C[C@H](NCC[C@H]1CCN(CCc2c[nH]c3ccc(C[C@H]4COC(=O)N4)cc23)C1)c1ccccc1. The molecule has 5 rings (SSSR count). The lowest BCUT2D eigenvalue weighted by molar-refractivity contribution is 0.177. The predicted molar refractivity (Wildman–Crippen MR) is 136 cm³/mol. The second-order valence-corrected chi connectivity index (χ2v) is 9.92. The van der Waals surface area contributed by atoms with Gasteiger partial charge in [-0.3, -0.25) is 0 Å². The number of amides is 1. The Kier molecular flexibility index (Phi) is 7.16. The van der Waals surface area contributed by atoms with Crippen molar-refractivity contribution in [2.45, 2.75) is 44.7 Å². The molecule has 3 N–H and O–H groups in total. The Hall–Kier alpha value is -2.83. The van der Waals surface area contributed by atoms with E-state index in [9.17, 15) is 4.79 Å². The molecule has 3 aromatic rings. The van der Waals surface area contributed by atoms with E-state index in [0.29, 0.717) is 12.6 Å². The fraction of sp³-hybridized carbons (Fsp3) is 0.464. The average molecular weight is 461 g/mol. The van der Waals surface area contributed by atoms with E-state index >= 15 is 0 Å². The summed E-state index contributed by atoms with van der Waals surface area (Å²) in [6, 6.07) is 17.7. The number of hydrogen-bond donors (Lipinski definition) is 3. The van der Waals surface area contributed by atoms with E-state index in [4.69, 9.17) is 4.74 Å². The Balaban J connectivity index is 1.08. The van der Waals surface area contributed by atoms with Gasteiger partial charge in [-0.05, 0) is 80.4 Å². The molecule has 0 radical (unpaired) electrons. The largest absolute Gasteiger partial charge is 0.447 e. The van der Waals surface area contributed by atoms with Crippen molar-refractivity contribution in [3.63, 3.8) is 0 Å². The second-order valence-electron chi connectivity index (χ2n) is 9.92. The Morgan fingerprint density at radius 2 is 2.09 bits per heavy atom. The zero-order valence-electron chi connectivity index (χ0n) is 20.1. The molecule has 0 spiro atoms. The number of nitrogens with zero attached hydrogens (tertiary/aromatic N) is 1. The summed E-state index contributed by atoms with van der Waals surface area (Å²) in [5.41, 5.74) is 5.16. The summed E-state index contributed by atoms with van der Waals surface area (Å²) in [4.78, 5) is 17.4. The molecule has 6 heteroatoms. The molecular weight excluding hydrogens is 424 g/mol. The van der Waals surface area contributed by atoms with Crippen molar-refractivity contribution in [1.29, 1.82) is 0 Å². The summed E-state index contributed by atoms with van der Waals surface area (Å²) in [6.45, 7) is 7.29. The topological polar surface area (TPSA) is 69.4 Å². The van der Waals surface area contributed by atoms with Crippen molar-refractivity contribution in [3.8, 4) is 0 Å². The Bertz CT molecular complexity index is 1100. The van der Waals surface area contributed by atoms with Crippen LogP contribution in [0.2, 0.25) is 0 Å². The van der Waals surface area contributed by atoms with Crippen LogP contribution < -0.4 is 10.6 Å². The van der Waals surface area contributed by atoms with E-state index in [1.54, 1.807) is 0 Å². The maximum Gasteiger partial charge on any atom is 0.407 e. The predicted octanol–water partition coefficient (Wildman–Crippen LogP) is 4.42. The van der Waals surface area contributed by atoms with E-state index < -0.39 is 0 Å². The molecule has 2 aromatic carbocycles. The van der Waals surface area contributed by atoms with Gasteiger partial charge in [0.2, 0.25) is 0 Å². The molecule has 0 saturated carbocycles. The molecule has 1 aromatic heterocycles. The van der Waals surface area contributed by atoms with Crippen molar-refractivity contribution in [1.82, 2.24) is 20.5 Å². The summed E-state index contributed by atoms with van der Waals surface area (Å²) in [6.07, 6.45) is 6.26. The molecule has 6 nitrogen and oxygen atoms in total. The molecule has 1 amide bonds. The van der Waals surface area contributed by atoms with E-state index in [1.807, 2.05) is 0 Å². The van der Waals surface area contributed by atoms with E-state index in [1.165, 1.54) is 53.5 Å². The number of fused-ring (bicyclic) bond motifs is 1. The van der Waals surface area contributed by atoms with Crippen LogP contribution in [0, 0.1) is 5.92 Å². The van der Waals surface area contributed by atoms with Crippen molar-refractivity contribution in [2.75, 3.05) is 32.8 Å². The number of carbonyl (C=O) groups is 1. The van der Waals surface area contributed by atoms with Crippen LogP contribution in [0.3, 0.4) is 0 Å². The Morgan fingerprint density at radius 1 is 1.21 bits per heavy atom. The van der Waals surface area contributed by atoms with Crippen molar-refractivity contribution in [2.24, 2.45) is 5.92 Å². The highest BCUT2D eigenvalue weighted by Crippen LogP contribution is 2.24. The molecule has 3 atom stereocenters. The summed E-state index contributed by atoms with van der Waals surface area (Å²) < 4.78 is 5.03. The van der Waals surface area contributed by atoms with Gasteiger partial charge in [0.1, 0.15) is 6.61 Å². The van der Waals surface area contributed by atoms with Crippen molar-refractivity contribution < 1.29 is 9.53 Å². The van der Waals surface area contributed by atoms with Gasteiger partial charge in [0.15, 0.2) is 0 Å². The number of hydrogen-bond acceptors (Lipinski definition) is 4. The van der Waals surface area contributed by atoms with Crippen LogP contribution in [0.25, 0.3) is 10.9 Å². The minimum absolute atomic E-state index is 0.0686. The first-order chi connectivity index (χ1) is 16.6. The molecular formula is C28H36N4O2. The third-order valence-electron chi connectivity index (χ3n) is 7.42. The number of rotatable bonds is 10. The second kappa shape index (κ2) is 10.6. The highest BCUT2D eigenvalue weighted by atomic mass is 16.6. The van der Waals surface area contributed by atoms with Crippen LogP contribution in [0.15, 0.2) is 54.7 Å².